The molecular formula is C14H13BrN4S. The number of thiophene rings is 1. The first-order valence-corrected chi connectivity index (χ1v) is 7.75. The summed E-state index contributed by atoms with van der Waals surface area (Å²) in [6.07, 6.45) is 1.58. The Morgan fingerprint density at radius 3 is 2.90 bits per heavy atom. The lowest BCUT2D eigenvalue weighted by atomic mass is 10.2. The summed E-state index contributed by atoms with van der Waals surface area (Å²) in [6, 6.07) is 7.85. The normalized spacial score (nSPS) is 10.9. The van der Waals surface area contributed by atoms with Gasteiger partial charge in [-0.05, 0) is 51.1 Å². The van der Waals surface area contributed by atoms with Gasteiger partial charge in [-0.2, -0.15) is 0 Å². The van der Waals surface area contributed by atoms with E-state index in [2.05, 4.69) is 42.2 Å². The van der Waals surface area contributed by atoms with Crippen LogP contribution in [0.3, 0.4) is 0 Å². The molecule has 0 radical (unpaired) electrons. The standard InChI is InChI=1S/C14H13BrN4S/c1-19(6-9-4-13(15)20-7-9)14-11-3-2-10(16)5-12(11)17-8-18-14/h2-5,7-8H,6,16H2,1H3. The third kappa shape index (κ3) is 2.62. The quantitative estimate of drug-likeness (QED) is 0.733. The second-order valence-electron chi connectivity index (χ2n) is 4.59. The average Bonchev–Trinajstić information content (AvgIpc) is 2.83. The van der Waals surface area contributed by atoms with Gasteiger partial charge in [0.1, 0.15) is 12.1 Å². The van der Waals surface area contributed by atoms with Crippen LogP contribution >= 0.6 is 27.3 Å². The number of nitrogens with zero attached hydrogens (tertiary/aromatic N) is 3. The van der Waals surface area contributed by atoms with E-state index in [1.54, 1.807) is 17.7 Å². The molecule has 3 aromatic rings. The molecule has 4 nitrogen and oxygen atoms in total. The largest absolute Gasteiger partial charge is 0.399 e. The number of rotatable bonds is 3. The predicted octanol–water partition coefficient (Wildman–Crippen LogP) is 3.67. The van der Waals surface area contributed by atoms with Crippen molar-refractivity contribution in [3.63, 3.8) is 0 Å². The average molecular weight is 349 g/mol. The molecule has 0 aliphatic carbocycles. The Morgan fingerprint density at radius 1 is 1.30 bits per heavy atom. The second kappa shape index (κ2) is 5.38. The summed E-state index contributed by atoms with van der Waals surface area (Å²) in [6.45, 7) is 0.804. The van der Waals surface area contributed by atoms with E-state index in [0.717, 1.165) is 27.1 Å². The van der Waals surface area contributed by atoms with Gasteiger partial charge in [0.15, 0.2) is 0 Å². The number of nitrogens with two attached hydrogens (primary N) is 1. The van der Waals surface area contributed by atoms with Gasteiger partial charge >= 0.3 is 0 Å². The van der Waals surface area contributed by atoms with Crippen LogP contribution in [0.5, 0.6) is 0 Å². The maximum Gasteiger partial charge on any atom is 0.139 e. The van der Waals surface area contributed by atoms with Gasteiger partial charge in [-0.1, -0.05) is 0 Å². The third-order valence-corrected chi connectivity index (χ3v) is 4.60. The molecule has 20 heavy (non-hydrogen) atoms. The van der Waals surface area contributed by atoms with Crippen molar-refractivity contribution in [2.75, 3.05) is 17.7 Å². The van der Waals surface area contributed by atoms with Crippen LogP contribution in [0.2, 0.25) is 0 Å². The minimum atomic E-state index is 0.714. The fraction of sp³-hybridized carbons (Fsp3) is 0.143. The van der Waals surface area contributed by atoms with E-state index in [4.69, 9.17) is 5.73 Å². The van der Waals surface area contributed by atoms with Crippen LogP contribution in [0, 0.1) is 0 Å². The highest BCUT2D eigenvalue weighted by Crippen LogP contribution is 2.26. The Kier molecular flexibility index (Phi) is 3.58. The van der Waals surface area contributed by atoms with Crippen molar-refractivity contribution in [3.05, 3.63) is 45.3 Å². The van der Waals surface area contributed by atoms with Crippen molar-refractivity contribution in [2.45, 2.75) is 6.54 Å². The van der Waals surface area contributed by atoms with Crippen LogP contribution in [-0.2, 0) is 6.54 Å². The third-order valence-electron chi connectivity index (χ3n) is 3.04. The molecule has 0 aliphatic heterocycles. The topological polar surface area (TPSA) is 55.0 Å². The Morgan fingerprint density at radius 2 is 2.15 bits per heavy atom. The van der Waals surface area contributed by atoms with Gasteiger partial charge in [-0.15, -0.1) is 11.3 Å². The van der Waals surface area contributed by atoms with E-state index in [1.807, 2.05) is 25.2 Å². The van der Waals surface area contributed by atoms with Crippen LogP contribution in [-0.4, -0.2) is 17.0 Å². The lowest BCUT2D eigenvalue weighted by molar-refractivity contribution is 0.904. The summed E-state index contributed by atoms with van der Waals surface area (Å²) in [4.78, 5) is 10.8. The minimum absolute atomic E-state index is 0.714. The zero-order valence-electron chi connectivity index (χ0n) is 10.9. The first-order chi connectivity index (χ1) is 9.63. The zero-order valence-corrected chi connectivity index (χ0v) is 13.3. The lowest BCUT2D eigenvalue weighted by Gasteiger charge is -2.19. The van der Waals surface area contributed by atoms with Gasteiger partial charge in [-0.3, -0.25) is 0 Å². The van der Waals surface area contributed by atoms with Crippen molar-refractivity contribution in [1.29, 1.82) is 0 Å². The van der Waals surface area contributed by atoms with E-state index >= 15 is 0 Å². The van der Waals surface area contributed by atoms with Crippen molar-refractivity contribution in [2.24, 2.45) is 0 Å². The van der Waals surface area contributed by atoms with Gasteiger partial charge in [0.2, 0.25) is 0 Å². The van der Waals surface area contributed by atoms with Crippen molar-refractivity contribution >= 4 is 49.7 Å². The van der Waals surface area contributed by atoms with Crippen LogP contribution < -0.4 is 10.6 Å². The van der Waals surface area contributed by atoms with Gasteiger partial charge < -0.3 is 10.6 Å². The monoisotopic (exact) mass is 348 g/mol. The highest BCUT2D eigenvalue weighted by atomic mass is 79.9. The maximum atomic E-state index is 5.80. The highest BCUT2D eigenvalue weighted by molar-refractivity contribution is 9.11. The molecule has 0 unspecified atom stereocenters. The molecule has 3 rings (SSSR count). The number of hydrogen-bond acceptors (Lipinski definition) is 5. The number of nitrogen functional groups attached to an aromatic ring is 1. The summed E-state index contributed by atoms with van der Waals surface area (Å²) in [5, 5.41) is 3.15. The Balaban J connectivity index is 1.96. The number of hydrogen-bond donors (Lipinski definition) is 1. The number of halogens is 1. The van der Waals surface area contributed by atoms with Crippen molar-refractivity contribution < 1.29 is 0 Å². The zero-order chi connectivity index (χ0) is 14.1. The number of aromatic nitrogens is 2. The number of fused-ring (bicyclic) bond motifs is 1. The fourth-order valence-corrected chi connectivity index (χ4v) is 3.34. The highest BCUT2D eigenvalue weighted by Gasteiger charge is 2.10. The van der Waals surface area contributed by atoms with Crippen LogP contribution in [0.1, 0.15) is 5.56 Å². The smallest absolute Gasteiger partial charge is 0.139 e. The molecule has 0 aliphatic rings. The van der Waals surface area contributed by atoms with Crippen LogP contribution in [0.25, 0.3) is 10.9 Å². The first kappa shape index (κ1) is 13.3. The summed E-state index contributed by atoms with van der Waals surface area (Å²) >= 11 is 5.17. The van der Waals surface area contributed by atoms with Crippen LogP contribution in [0.4, 0.5) is 11.5 Å². The second-order valence-corrected chi connectivity index (χ2v) is 6.88. The molecule has 0 bridgehead atoms. The number of anilines is 2. The molecule has 1 aromatic carbocycles. The molecule has 0 amide bonds. The van der Waals surface area contributed by atoms with Gasteiger partial charge in [0.25, 0.3) is 0 Å². The molecular weight excluding hydrogens is 336 g/mol. The molecule has 0 saturated heterocycles. The van der Waals surface area contributed by atoms with Gasteiger partial charge in [0, 0.05) is 24.7 Å². The summed E-state index contributed by atoms with van der Waals surface area (Å²) in [5.41, 5.74) is 8.64. The molecule has 0 fully saturated rings. The van der Waals surface area contributed by atoms with Crippen molar-refractivity contribution in [3.8, 4) is 0 Å². The molecule has 0 atom stereocenters. The van der Waals surface area contributed by atoms with E-state index < -0.39 is 0 Å². The summed E-state index contributed by atoms with van der Waals surface area (Å²) in [5.74, 6) is 0.914. The molecule has 6 heteroatoms. The maximum absolute atomic E-state index is 5.80. The number of benzene rings is 1. The minimum Gasteiger partial charge on any atom is -0.399 e. The molecule has 102 valence electrons. The Bertz CT molecular complexity index is 756. The van der Waals surface area contributed by atoms with Crippen LogP contribution in [0.15, 0.2) is 39.8 Å². The molecule has 0 spiro atoms. The Hall–Kier alpha value is -1.66. The van der Waals surface area contributed by atoms with Crippen molar-refractivity contribution in [1.82, 2.24) is 9.97 Å². The van der Waals surface area contributed by atoms with E-state index in [1.165, 1.54) is 5.56 Å². The van der Waals surface area contributed by atoms with E-state index in [0.29, 0.717) is 5.69 Å². The Labute approximate surface area is 129 Å². The summed E-state index contributed by atoms with van der Waals surface area (Å²) < 4.78 is 1.14. The van der Waals surface area contributed by atoms with Gasteiger partial charge in [0.05, 0.1) is 9.30 Å². The fourth-order valence-electron chi connectivity index (χ4n) is 2.14. The predicted molar refractivity (Wildman–Crippen MR) is 88.1 cm³/mol. The molecule has 2 aromatic heterocycles. The lowest BCUT2D eigenvalue weighted by Crippen LogP contribution is -2.17. The molecule has 2 heterocycles. The van der Waals surface area contributed by atoms with Gasteiger partial charge in [-0.25, -0.2) is 9.97 Å². The molecule has 2 N–H and O–H groups in total. The van der Waals surface area contributed by atoms with E-state index in [-0.39, 0.29) is 0 Å². The summed E-state index contributed by atoms with van der Waals surface area (Å²) in [7, 11) is 2.03. The molecule has 0 saturated carbocycles. The van der Waals surface area contributed by atoms with E-state index in [9.17, 15) is 0 Å². The SMILES string of the molecule is CN(Cc1csc(Br)c1)c1ncnc2cc(N)ccc12. The first-order valence-electron chi connectivity index (χ1n) is 6.08.